The van der Waals surface area contributed by atoms with Gasteiger partial charge in [0.1, 0.15) is 0 Å². The van der Waals surface area contributed by atoms with Gasteiger partial charge in [0.2, 0.25) is 0 Å². The van der Waals surface area contributed by atoms with E-state index in [1.807, 2.05) is 6.07 Å². The molecule has 1 atom stereocenters. The van der Waals surface area contributed by atoms with Gasteiger partial charge >= 0.3 is 0 Å². The lowest BCUT2D eigenvalue weighted by Crippen LogP contribution is -2.19. The molecule has 0 aliphatic rings. The zero-order valence-electron chi connectivity index (χ0n) is 16.0. The van der Waals surface area contributed by atoms with Gasteiger partial charge in [-0.25, -0.2) is 0 Å². The molecule has 0 aromatic heterocycles. The number of rotatable bonds is 11. The van der Waals surface area contributed by atoms with Gasteiger partial charge in [0.15, 0.2) is 5.78 Å². The van der Waals surface area contributed by atoms with Gasteiger partial charge in [-0.05, 0) is 18.1 Å². The van der Waals surface area contributed by atoms with E-state index in [1.165, 1.54) is 6.08 Å². The summed E-state index contributed by atoms with van der Waals surface area (Å²) in [6.45, 7) is 1.55. The Balaban J connectivity index is 1.78. The third kappa shape index (κ3) is 8.83. The van der Waals surface area contributed by atoms with Crippen LogP contribution >= 0.6 is 15.6 Å². The minimum atomic E-state index is -5.70. The molecule has 0 fully saturated rings. The Hall–Kier alpha value is -1.93. The van der Waals surface area contributed by atoms with Crippen LogP contribution in [0.15, 0.2) is 66.2 Å². The monoisotopic (exact) mass is 453 g/mol. The number of phosphoric acid groups is 2. The second kappa shape index (κ2) is 10.9. The summed E-state index contributed by atoms with van der Waals surface area (Å²) in [5.74, 6) is -0.0770. The van der Waals surface area contributed by atoms with E-state index in [0.717, 1.165) is 5.56 Å². The zero-order chi connectivity index (χ0) is 22.2. The largest absolute Gasteiger partial charge is 0.790 e. The highest BCUT2D eigenvalue weighted by molar-refractivity contribution is 7.58. The summed E-state index contributed by atoms with van der Waals surface area (Å²) in [6.07, 6.45) is 1.34. The zero-order valence-corrected chi connectivity index (χ0v) is 17.8. The first-order chi connectivity index (χ1) is 14.1. The van der Waals surface area contributed by atoms with Gasteiger partial charge < -0.3 is 28.5 Å². The second-order valence-corrected chi connectivity index (χ2v) is 8.91. The maximum Gasteiger partial charge on any atom is 0.272 e. The lowest BCUT2D eigenvalue weighted by molar-refractivity contribution is -0.339. The number of ketones is 1. The highest BCUT2D eigenvalue weighted by atomic mass is 31.3. The molecule has 9 nitrogen and oxygen atoms in total. The summed E-state index contributed by atoms with van der Waals surface area (Å²) in [6, 6.07) is 15.9. The molecule has 0 saturated carbocycles. The minimum Gasteiger partial charge on any atom is -0.790 e. The van der Waals surface area contributed by atoms with Gasteiger partial charge in [-0.2, -0.15) is 0 Å². The number of benzene rings is 2. The lowest BCUT2D eigenvalue weighted by atomic mass is 10.0. The van der Waals surface area contributed by atoms with Crippen LogP contribution in [0.25, 0.3) is 0 Å². The van der Waals surface area contributed by atoms with Crippen molar-refractivity contribution >= 4 is 21.4 Å². The summed E-state index contributed by atoms with van der Waals surface area (Å²) < 4.78 is 34.5. The maximum atomic E-state index is 12.4. The molecular weight excluding hydrogens is 434 g/mol. The van der Waals surface area contributed by atoms with Crippen LogP contribution in [-0.4, -0.2) is 19.0 Å². The Morgan fingerprint density at radius 3 is 2.17 bits per heavy atom. The molecule has 30 heavy (non-hydrogen) atoms. The van der Waals surface area contributed by atoms with E-state index < -0.39 is 22.3 Å². The molecule has 2 aromatic rings. The normalized spacial score (nSPS) is 14.3. The van der Waals surface area contributed by atoms with E-state index in [4.69, 9.17) is 4.74 Å². The van der Waals surface area contributed by atoms with Crippen LogP contribution in [0.3, 0.4) is 0 Å². The summed E-state index contributed by atoms with van der Waals surface area (Å²) in [5, 5.41) is 0. The first kappa shape index (κ1) is 24.3. The summed E-state index contributed by atoms with van der Waals surface area (Å²) in [5.41, 5.74) is 2.61. The van der Waals surface area contributed by atoms with Crippen molar-refractivity contribution in [2.45, 2.75) is 13.5 Å². The van der Waals surface area contributed by atoms with Gasteiger partial charge in [-0.3, -0.25) is 13.7 Å². The number of ether oxygens (including phenoxy) is 1. The molecule has 0 aliphatic heterocycles. The van der Waals surface area contributed by atoms with Crippen molar-refractivity contribution in [3.63, 3.8) is 0 Å². The molecule has 0 amide bonds. The molecule has 1 unspecified atom stereocenters. The van der Waals surface area contributed by atoms with Gasteiger partial charge in [-0.1, -0.05) is 60.7 Å². The predicted octanol–water partition coefficient (Wildman–Crippen LogP) is 1.71. The molecule has 2 rings (SSSR count). The van der Waals surface area contributed by atoms with Gasteiger partial charge in [-0.15, -0.1) is 0 Å². The molecule has 0 N–H and O–H groups in total. The topological polar surface area (TPSA) is 148 Å². The van der Waals surface area contributed by atoms with E-state index in [9.17, 15) is 28.6 Å². The van der Waals surface area contributed by atoms with Crippen LogP contribution in [-0.2, 0) is 29.3 Å². The molecule has 0 saturated heterocycles. The fourth-order valence-corrected chi connectivity index (χ4v) is 3.74. The molecule has 162 valence electrons. The van der Waals surface area contributed by atoms with E-state index >= 15 is 0 Å². The lowest BCUT2D eigenvalue weighted by Gasteiger charge is -2.34. The Morgan fingerprint density at radius 1 is 0.967 bits per heavy atom. The smallest absolute Gasteiger partial charge is 0.272 e. The van der Waals surface area contributed by atoms with Gasteiger partial charge in [0.25, 0.3) is 7.82 Å². The SMILES string of the molecule is C/C(=C\COP(=O)([O-])OP(=O)([O-])[O-])COCc1ccc(C(=O)c2ccccc2)cc1. The van der Waals surface area contributed by atoms with Crippen molar-refractivity contribution in [3.05, 3.63) is 82.9 Å². The highest BCUT2D eigenvalue weighted by Crippen LogP contribution is 2.50. The number of carbonyl (C=O) groups excluding carboxylic acids is 1. The van der Waals surface area contributed by atoms with Crippen LogP contribution in [0, 0.1) is 0 Å². The highest BCUT2D eigenvalue weighted by Gasteiger charge is 2.11. The van der Waals surface area contributed by atoms with E-state index in [0.29, 0.717) is 16.7 Å². The van der Waals surface area contributed by atoms with Gasteiger partial charge in [0, 0.05) is 11.1 Å². The van der Waals surface area contributed by atoms with Gasteiger partial charge in [0.05, 0.1) is 27.6 Å². The van der Waals surface area contributed by atoms with Crippen molar-refractivity contribution < 1.29 is 42.2 Å². The number of hydrogen-bond donors (Lipinski definition) is 0. The number of phosphoric ester groups is 1. The molecule has 11 heteroatoms. The Morgan fingerprint density at radius 2 is 1.57 bits per heavy atom. The third-order valence-corrected chi connectivity index (χ3v) is 5.78. The molecule has 0 bridgehead atoms. The van der Waals surface area contributed by atoms with Crippen LogP contribution in [0.5, 0.6) is 0 Å². The summed E-state index contributed by atoms with van der Waals surface area (Å²) in [7, 11) is -10.9. The van der Waals surface area contributed by atoms with Crippen molar-refractivity contribution in [2.75, 3.05) is 13.2 Å². The third-order valence-electron chi connectivity index (χ3n) is 3.72. The Bertz CT molecular complexity index is 965. The summed E-state index contributed by atoms with van der Waals surface area (Å²) in [4.78, 5) is 44.1. The fraction of sp³-hybridized carbons (Fsp3) is 0.211. The number of hydrogen-bond acceptors (Lipinski definition) is 9. The standard InChI is InChI=1S/C19H22O9P2/c1-15(11-12-27-30(24,25)28-29(21,22)23)13-26-14-16-7-9-18(10-8-16)19(20)17-5-3-2-4-6-17/h2-11H,12-14H2,1H3,(H,24,25)(H2,21,22,23)/p-3/b15-11+. The average Bonchev–Trinajstić information content (AvgIpc) is 2.66. The summed E-state index contributed by atoms with van der Waals surface area (Å²) >= 11 is 0. The molecule has 0 radical (unpaired) electrons. The quantitative estimate of drug-likeness (QED) is 0.282. The van der Waals surface area contributed by atoms with Crippen LogP contribution in [0.1, 0.15) is 28.4 Å². The molecule has 0 heterocycles. The van der Waals surface area contributed by atoms with Crippen LogP contribution in [0.4, 0.5) is 0 Å². The Kier molecular flexibility index (Phi) is 8.85. The Labute approximate surface area is 173 Å². The molecule has 0 spiro atoms. The van der Waals surface area contributed by atoms with E-state index in [-0.39, 0.29) is 19.0 Å². The molecule has 2 aromatic carbocycles. The van der Waals surface area contributed by atoms with Crippen LogP contribution < -0.4 is 14.7 Å². The van der Waals surface area contributed by atoms with Crippen molar-refractivity contribution in [1.82, 2.24) is 0 Å². The first-order valence-corrected chi connectivity index (χ1v) is 11.6. The first-order valence-electron chi connectivity index (χ1n) is 8.67. The second-order valence-electron chi connectivity index (χ2n) is 6.21. The van der Waals surface area contributed by atoms with Crippen LogP contribution in [0.2, 0.25) is 0 Å². The van der Waals surface area contributed by atoms with Crippen molar-refractivity contribution in [1.29, 1.82) is 0 Å². The van der Waals surface area contributed by atoms with Crippen molar-refractivity contribution in [3.8, 4) is 0 Å². The number of carbonyl (C=O) groups is 1. The fourth-order valence-electron chi connectivity index (χ4n) is 2.31. The van der Waals surface area contributed by atoms with E-state index in [1.54, 1.807) is 55.5 Å². The molecule has 0 aliphatic carbocycles. The van der Waals surface area contributed by atoms with E-state index in [2.05, 4.69) is 8.83 Å². The minimum absolute atomic E-state index is 0.0770. The maximum absolute atomic E-state index is 12.4. The molecular formula is C19H19O9P2-3. The van der Waals surface area contributed by atoms with Crippen molar-refractivity contribution in [2.24, 2.45) is 0 Å². The predicted molar refractivity (Wildman–Crippen MR) is 102 cm³/mol. The average molecular weight is 453 g/mol.